The molecule has 1 saturated heterocycles. The highest BCUT2D eigenvalue weighted by Gasteiger charge is 2.33. The van der Waals surface area contributed by atoms with Crippen LogP contribution < -0.4 is 10.9 Å². The van der Waals surface area contributed by atoms with Crippen LogP contribution in [0.15, 0.2) is 35.3 Å². The van der Waals surface area contributed by atoms with Gasteiger partial charge in [-0.1, -0.05) is 35.3 Å². The van der Waals surface area contributed by atoms with Gasteiger partial charge in [-0.3, -0.25) is 19.3 Å². The summed E-state index contributed by atoms with van der Waals surface area (Å²) in [7, 11) is 0. The minimum absolute atomic E-state index is 0.00915. The molecule has 13 heteroatoms. The van der Waals surface area contributed by atoms with Gasteiger partial charge in [0.1, 0.15) is 11.6 Å². The van der Waals surface area contributed by atoms with Crippen molar-refractivity contribution in [2.75, 3.05) is 38.0 Å². The lowest BCUT2D eigenvalue weighted by molar-refractivity contribution is -0.137. The Kier molecular flexibility index (Phi) is 7.42. The number of aromatic nitrogens is 2. The van der Waals surface area contributed by atoms with Gasteiger partial charge in [0.25, 0.3) is 5.56 Å². The second-order valence-electron chi connectivity index (χ2n) is 7.02. The van der Waals surface area contributed by atoms with Crippen LogP contribution in [0.5, 0.6) is 0 Å². The van der Waals surface area contributed by atoms with Crippen molar-refractivity contribution in [3.8, 4) is 0 Å². The number of rotatable bonds is 5. The fourth-order valence-corrected chi connectivity index (χ4v) is 3.44. The van der Waals surface area contributed by atoms with Crippen molar-refractivity contribution in [3.05, 3.63) is 56.4 Å². The molecule has 1 aliphatic rings. The Bertz CT molecular complexity index is 1070. The van der Waals surface area contributed by atoms with Gasteiger partial charge in [-0.2, -0.15) is 18.3 Å². The van der Waals surface area contributed by atoms with Gasteiger partial charge >= 0.3 is 6.18 Å². The molecule has 1 aromatic heterocycles. The van der Waals surface area contributed by atoms with Gasteiger partial charge in [-0.05, 0) is 12.1 Å². The van der Waals surface area contributed by atoms with E-state index in [9.17, 15) is 27.6 Å². The molecule has 0 atom stereocenters. The first-order chi connectivity index (χ1) is 15.1. The van der Waals surface area contributed by atoms with Crippen molar-refractivity contribution in [1.29, 1.82) is 0 Å². The number of anilines is 1. The topological polar surface area (TPSA) is 87.5 Å². The smallest absolute Gasteiger partial charge is 0.339 e. The zero-order valence-corrected chi connectivity index (χ0v) is 18.0. The second kappa shape index (κ2) is 9.88. The van der Waals surface area contributed by atoms with E-state index in [4.69, 9.17) is 23.2 Å². The first-order valence-electron chi connectivity index (χ1n) is 9.43. The molecule has 1 fully saturated rings. The molecule has 0 bridgehead atoms. The Balaban J connectivity index is 1.52. The number of benzene rings is 1. The van der Waals surface area contributed by atoms with Gasteiger partial charge in [0.05, 0.1) is 29.0 Å². The first kappa shape index (κ1) is 24.0. The maximum Gasteiger partial charge on any atom is 0.418 e. The average molecular weight is 492 g/mol. The predicted molar refractivity (Wildman–Crippen MR) is 112 cm³/mol. The molecule has 2 aromatic rings. The number of para-hydroxylation sites is 1. The van der Waals surface area contributed by atoms with Gasteiger partial charge in [0.2, 0.25) is 11.8 Å². The van der Waals surface area contributed by atoms with Gasteiger partial charge in [-0.25, -0.2) is 4.68 Å². The minimum Gasteiger partial charge on any atom is -0.339 e. The van der Waals surface area contributed by atoms with Crippen molar-refractivity contribution < 1.29 is 22.8 Å². The number of alkyl halides is 3. The molecule has 0 unspecified atom stereocenters. The number of carbonyl (C=O) groups is 2. The lowest BCUT2D eigenvalue weighted by Gasteiger charge is -2.34. The monoisotopic (exact) mass is 491 g/mol. The molecule has 0 radical (unpaired) electrons. The number of nitrogens with one attached hydrogen (secondary N) is 1. The molecule has 172 valence electrons. The summed E-state index contributed by atoms with van der Waals surface area (Å²) in [5.41, 5.74) is -1.91. The minimum atomic E-state index is -4.58. The number of piperazine rings is 1. The number of hydrogen-bond acceptors (Lipinski definition) is 5. The molecule has 1 aliphatic heterocycles. The third kappa shape index (κ3) is 5.78. The first-order valence-corrected chi connectivity index (χ1v) is 10.2. The third-order valence-electron chi connectivity index (χ3n) is 4.83. The van der Waals surface area contributed by atoms with Crippen molar-refractivity contribution in [1.82, 2.24) is 19.6 Å². The van der Waals surface area contributed by atoms with E-state index in [0.29, 0.717) is 13.1 Å². The van der Waals surface area contributed by atoms with Crippen LogP contribution in [0.4, 0.5) is 18.9 Å². The molecule has 8 nitrogen and oxygen atoms in total. The lowest BCUT2D eigenvalue weighted by atomic mass is 10.1. The number of amides is 2. The third-order valence-corrected chi connectivity index (χ3v) is 5.57. The van der Waals surface area contributed by atoms with Crippen LogP contribution >= 0.6 is 23.2 Å². The summed E-state index contributed by atoms with van der Waals surface area (Å²) in [4.78, 5) is 39.9. The molecule has 32 heavy (non-hydrogen) atoms. The van der Waals surface area contributed by atoms with Crippen molar-refractivity contribution in [2.45, 2.75) is 12.7 Å². The average Bonchev–Trinajstić information content (AvgIpc) is 2.74. The summed E-state index contributed by atoms with van der Waals surface area (Å²) in [5, 5.41) is 5.85. The van der Waals surface area contributed by atoms with Gasteiger partial charge in [-0.15, -0.1) is 0 Å². The quantitative estimate of drug-likeness (QED) is 0.693. The normalized spacial score (nSPS) is 15.0. The van der Waals surface area contributed by atoms with Crippen molar-refractivity contribution in [3.63, 3.8) is 0 Å². The van der Waals surface area contributed by atoms with Gasteiger partial charge < -0.3 is 10.2 Å². The number of halogens is 5. The predicted octanol–water partition coefficient (Wildman–Crippen LogP) is 2.35. The van der Waals surface area contributed by atoms with Crippen LogP contribution in [0, 0.1) is 0 Å². The molecule has 1 aromatic carbocycles. The Morgan fingerprint density at radius 1 is 1.06 bits per heavy atom. The van der Waals surface area contributed by atoms with Crippen LogP contribution in [0.3, 0.4) is 0 Å². The van der Waals surface area contributed by atoms with Gasteiger partial charge in [0, 0.05) is 26.2 Å². The fourth-order valence-electron chi connectivity index (χ4n) is 3.17. The van der Waals surface area contributed by atoms with E-state index >= 15 is 0 Å². The SMILES string of the molecule is O=C(CN1CCN(C(=O)Cn2ncc(Cl)c(Cl)c2=O)CC1)Nc1ccccc1C(F)(F)F. The fraction of sp³-hybridized carbons (Fsp3) is 0.368. The van der Waals surface area contributed by atoms with Crippen molar-refractivity contribution in [2.24, 2.45) is 0 Å². The highest BCUT2D eigenvalue weighted by molar-refractivity contribution is 6.41. The van der Waals surface area contributed by atoms with E-state index in [0.717, 1.165) is 10.7 Å². The zero-order chi connectivity index (χ0) is 23.5. The van der Waals surface area contributed by atoms with Crippen LogP contribution in [0.25, 0.3) is 0 Å². The summed E-state index contributed by atoms with van der Waals surface area (Å²) < 4.78 is 40.1. The number of carbonyl (C=O) groups excluding carboxylic acids is 2. The Hall–Kier alpha value is -2.63. The number of hydrogen-bond donors (Lipinski definition) is 1. The standard InChI is InChI=1S/C19H18Cl2F3N5O3/c20-13-9-25-29(18(32)17(13)21)11-16(31)28-7-5-27(6-8-28)10-15(30)26-14-4-2-1-3-12(14)19(22,23)24/h1-4,9H,5-8,10-11H2,(H,26,30). The summed E-state index contributed by atoms with van der Waals surface area (Å²) in [6.07, 6.45) is -3.41. The molecular weight excluding hydrogens is 474 g/mol. The van der Waals surface area contributed by atoms with Crippen LogP contribution in [-0.4, -0.2) is 64.1 Å². The van der Waals surface area contributed by atoms with E-state index in [1.165, 1.54) is 29.3 Å². The second-order valence-corrected chi connectivity index (χ2v) is 7.80. The number of nitrogens with zero attached hydrogens (tertiary/aromatic N) is 4. The largest absolute Gasteiger partial charge is 0.418 e. The van der Waals surface area contributed by atoms with Crippen LogP contribution in [-0.2, 0) is 22.3 Å². The highest BCUT2D eigenvalue weighted by Crippen LogP contribution is 2.34. The summed E-state index contributed by atoms with van der Waals surface area (Å²) >= 11 is 11.5. The Morgan fingerprint density at radius 2 is 1.72 bits per heavy atom. The summed E-state index contributed by atoms with van der Waals surface area (Å²) in [5.74, 6) is -0.950. The molecule has 1 N–H and O–H groups in total. The van der Waals surface area contributed by atoms with Crippen LogP contribution in [0.1, 0.15) is 5.56 Å². The summed E-state index contributed by atoms with van der Waals surface area (Å²) in [6, 6.07) is 4.74. The van der Waals surface area contributed by atoms with E-state index < -0.39 is 23.2 Å². The van der Waals surface area contributed by atoms with E-state index in [1.807, 2.05) is 0 Å². The molecule has 0 spiro atoms. The molecule has 2 heterocycles. The molecule has 3 rings (SSSR count). The van der Waals surface area contributed by atoms with E-state index in [2.05, 4.69) is 10.4 Å². The molecule has 2 amide bonds. The highest BCUT2D eigenvalue weighted by atomic mass is 35.5. The maximum atomic E-state index is 13.1. The maximum absolute atomic E-state index is 13.1. The summed E-state index contributed by atoms with van der Waals surface area (Å²) in [6.45, 7) is 0.794. The lowest BCUT2D eigenvalue weighted by Crippen LogP contribution is -2.51. The molecule has 0 aliphatic carbocycles. The Morgan fingerprint density at radius 3 is 2.38 bits per heavy atom. The van der Waals surface area contributed by atoms with E-state index in [1.54, 1.807) is 4.90 Å². The molecular formula is C19H18Cl2F3N5O3. The van der Waals surface area contributed by atoms with Crippen LogP contribution in [0.2, 0.25) is 10.0 Å². The van der Waals surface area contributed by atoms with E-state index in [-0.39, 0.29) is 47.8 Å². The zero-order valence-electron chi connectivity index (χ0n) is 16.5. The molecule has 0 saturated carbocycles. The Labute approximate surface area is 190 Å². The van der Waals surface area contributed by atoms with Crippen molar-refractivity contribution >= 4 is 40.7 Å². The van der Waals surface area contributed by atoms with Gasteiger partial charge in [0.15, 0.2) is 0 Å².